The van der Waals surface area contributed by atoms with E-state index in [0.717, 1.165) is 96.3 Å². The number of carbonyl (C=O) groups is 3. The molecule has 0 bridgehead atoms. The molecule has 0 aromatic carbocycles. The molecule has 0 aliphatic heterocycles. The monoisotopic (exact) mass is 867 g/mol. The van der Waals surface area contributed by atoms with Crippen molar-refractivity contribution in [1.82, 2.24) is 0 Å². The fourth-order valence-electron chi connectivity index (χ4n) is 7.35. The van der Waals surface area contributed by atoms with E-state index in [-0.39, 0.29) is 31.1 Å². The number of esters is 3. The fourth-order valence-corrected chi connectivity index (χ4v) is 7.35. The molecule has 0 aliphatic rings. The van der Waals surface area contributed by atoms with Gasteiger partial charge in [-0.3, -0.25) is 14.4 Å². The molecule has 0 radical (unpaired) electrons. The lowest BCUT2D eigenvalue weighted by atomic mass is 10.0. The second-order valence-corrected chi connectivity index (χ2v) is 17.5. The summed E-state index contributed by atoms with van der Waals surface area (Å²) in [5.41, 5.74) is 0. The van der Waals surface area contributed by atoms with Crippen molar-refractivity contribution < 1.29 is 28.6 Å². The summed E-state index contributed by atoms with van der Waals surface area (Å²) in [6.07, 6.45) is 62.0. The normalized spacial score (nSPS) is 12.5. The number of unbranched alkanes of at least 4 members (excludes halogenated alkanes) is 28. The summed E-state index contributed by atoms with van der Waals surface area (Å²) in [6, 6.07) is 0. The van der Waals surface area contributed by atoms with Gasteiger partial charge in [0.1, 0.15) is 13.2 Å². The molecule has 1 atom stereocenters. The lowest BCUT2D eigenvalue weighted by Crippen LogP contribution is -2.30. The Kier molecular flexibility index (Phi) is 48.4. The second-order valence-electron chi connectivity index (χ2n) is 17.5. The highest BCUT2D eigenvalue weighted by Crippen LogP contribution is 2.15. The lowest BCUT2D eigenvalue weighted by molar-refractivity contribution is -0.167. The Labute approximate surface area is 383 Å². The Morgan fingerprint density at radius 2 is 0.694 bits per heavy atom. The van der Waals surface area contributed by atoms with Crippen LogP contribution in [-0.2, 0) is 28.6 Å². The van der Waals surface area contributed by atoms with Crippen LogP contribution in [-0.4, -0.2) is 37.2 Å². The first-order valence-electron chi connectivity index (χ1n) is 26.3. The average Bonchev–Trinajstić information content (AvgIpc) is 3.27. The van der Waals surface area contributed by atoms with Crippen molar-refractivity contribution in [2.24, 2.45) is 0 Å². The van der Waals surface area contributed by atoms with Crippen molar-refractivity contribution in [2.75, 3.05) is 13.2 Å². The maximum atomic E-state index is 12.8. The standard InChI is InChI=1S/C56H98O6/c1-4-7-10-13-16-19-22-25-27-28-29-32-34-37-40-43-46-49-55(58)61-52-53(51-60-54(57)48-45-42-39-36-33-30-24-21-18-15-12-9-6-3)62-56(59)50-47-44-41-38-35-31-26-23-20-17-14-11-8-5-2/h9,12,15-16,18-19,21,24-25,27,53H,4-8,10-11,13-14,17,20,22-23,26,28-52H2,1-3H3/b12-9-,18-15-,19-16-,24-21-,27-25-. The topological polar surface area (TPSA) is 78.9 Å². The van der Waals surface area contributed by atoms with Gasteiger partial charge in [0.15, 0.2) is 6.10 Å². The predicted molar refractivity (Wildman–Crippen MR) is 265 cm³/mol. The van der Waals surface area contributed by atoms with Crippen molar-refractivity contribution in [3.63, 3.8) is 0 Å². The van der Waals surface area contributed by atoms with Crippen LogP contribution in [0.25, 0.3) is 0 Å². The molecular weight excluding hydrogens is 769 g/mol. The van der Waals surface area contributed by atoms with E-state index >= 15 is 0 Å². The van der Waals surface area contributed by atoms with Gasteiger partial charge < -0.3 is 14.2 Å². The summed E-state index contributed by atoms with van der Waals surface area (Å²) >= 11 is 0. The van der Waals surface area contributed by atoms with Crippen LogP contribution in [0.2, 0.25) is 0 Å². The Balaban J connectivity index is 4.39. The largest absolute Gasteiger partial charge is 0.462 e. The van der Waals surface area contributed by atoms with Gasteiger partial charge in [-0.15, -0.1) is 0 Å². The summed E-state index contributed by atoms with van der Waals surface area (Å²) in [5.74, 6) is -0.904. The zero-order valence-electron chi connectivity index (χ0n) is 40.9. The zero-order chi connectivity index (χ0) is 45.1. The zero-order valence-corrected chi connectivity index (χ0v) is 40.9. The number of allylic oxidation sites excluding steroid dienone is 10. The van der Waals surface area contributed by atoms with Crippen LogP contribution in [0.5, 0.6) is 0 Å². The minimum absolute atomic E-state index is 0.0834. The molecule has 62 heavy (non-hydrogen) atoms. The van der Waals surface area contributed by atoms with Crippen molar-refractivity contribution in [3.8, 4) is 0 Å². The van der Waals surface area contributed by atoms with Crippen LogP contribution in [0.1, 0.15) is 258 Å². The first-order valence-corrected chi connectivity index (χ1v) is 26.3. The molecule has 0 heterocycles. The quantitative estimate of drug-likeness (QED) is 0.0199. The van der Waals surface area contributed by atoms with Crippen molar-refractivity contribution in [3.05, 3.63) is 60.8 Å². The molecule has 0 amide bonds. The van der Waals surface area contributed by atoms with Gasteiger partial charge in [0, 0.05) is 19.3 Å². The molecule has 0 aromatic heterocycles. The third-order valence-corrected chi connectivity index (χ3v) is 11.3. The maximum absolute atomic E-state index is 12.8. The number of ether oxygens (including phenoxy) is 3. The number of carbonyl (C=O) groups excluding carboxylic acids is 3. The Bertz CT molecular complexity index is 1130. The van der Waals surface area contributed by atoms with Gasteiger partial charge in [0.2, 0.25) is 0 Å². The molecule has 1 unspecified atom stereocenters. The van der Waals surface area contributed by atoms with Crippen LogP contribution in [0.15, 0.2) is 60.8 Å². The van der Waals surface area contributed by atoms with Crippen molar-refractivity contribution in [1.29, 1.82) is 0 Å². The Morgan fingerprint density at radius 3 is 1.13 bits per heavy atom. The van der Waals surface area contributed by atoms with Gasteiger partial charge in [-0.1, -0.05) is 229 Å². The smallest absolute Gasteiger partial charge is 0.306 e. The van der Waals surface area contributed by atoms with Crippen molar-refractivity contribution >= 4 is 17.9 Å². The highest BCUT2D eigenvalue weighted by Gasteiger charge is 2.19. The number of rotatable bonds is 47. The van der Waals surface area contributed by atoms with E-state index in [1.165, 1.54) is 122 Å². The first-order chi connectivity index (χ1) is 30.5. The number of hydrogen-bond acceptors (Lipinski definition) is 6. The summed E-state index contributed by atoms with van der Waals surface area (Å²) in [5, 5.41) is 0. The Morgan fingerprint density at radius 1 is 0.355 bits per heavy atom. The van der Waals surface area contributed by atoms with Gasteiger partial charge in [0.25, 0.3) is 0 Å². The van der Waals surface area contributed by atoms with Gasteiger partial charge in [-0.25, -0.2) is 0 Å². The molecule has 358 valence electrons. The molecule has 0 N–H and O–H groups in total. The summed E-state index contributed by atoms with van der Waals surface area (Å²) < 4.78 is 16.8. The van der Waals surface area contributed by atoms with Crippen LogP contribution in [0.4, 0.5) is 0 Å². The van der Waals surface area contributed by atoms with E-state index in [1.807, 2.05) is 0 Å². The van der Waals surface area contributed by atoms with E-state index < -0.39 is 6.10 Å². The third kappa shape index (κ3) is 48.1. The van der Waals surface area contributed by atoms with E-state index in [4.69, 9.17) is 14.2 Å². The highest BCUT2D eigenvalue weighted by atomic mass is 16.6. The maximum Gasteiger partial charge on any atom is 0.306 e. The van der Waals surface area contributed by atoms with Gasteiger partial charge in [-0.05, 0) is 70.6 Å². The lowest BCUT2D eigenvalue weighted by Gasteiger charge is -2.18. The van der Waals surface area contributed by atoms with E-state index in [0.29, 0.717) is 19.3 Å². The van der Waals surface area contributed by atoms with Crippen molar-refractivity contribution in [2.45, 2.75) is 264 Å². The summed E-state index contributed by atoms with van der Waals surface area (Å²) in [4.78, 5) is 38.0. The van der Waals surface area contributed by atoms with Gasteiger partial charge in [-0.2, -0.15) is 0 Å². The minimum Gasteiger partial charge on any atom is -0.462 e. The molecule has 0 aliphatic carbocycles. The van der Waals surface area contributed by atoms with E-state index in [1.54, 1.807) is 0 Å². The molecule has 6 heteroatoms. The second kappa shape index (κ2) is 50.8. The van der Waals surface area contributed by atoms with Crippen LogP contribution >= 0.6 is 0 Å². The van der Waals surface area contributed by atoms with E-state index in [2.05, 4.69) is 81.5 Å². The Hall–Kier alpha value is -2.89. The summed E-state index contributed by atoms with van der Waals surface area (Å²) in [6.45, 7) is 6.47. The van der Waals surface area contributed by atoms with Crippen LogP contribution in [0.3, 0.4) is 0 Å². The SMILES string of the molecule is CC\C=C/C=C\C=C/CCCCCCCC(=O)OCC(COC(=O)CCCCCCCCC/C=C\C/C=C\CCCCC)OC(=O)CCCCCCCCCCCCCCCC. The molecular formula is C56H98O6. The third-order valence-electron chi connectivity index (χ3n) is 11.3. The summed E-state index contributed by atoms with van der Waals surface area (Å²) in [7, 11) is 0. The first kappa shape index (κ1) is 59.1. The minimum atomic E-state index is -0.783. The molecule has 0 aromatic rings. The fraction of sp³-hybridized carbons (Fsp3) is 0.768. The highest BCUT2D eigenvalue weighted by molar-refractivity contribution is 5.71. The molecule has 0 rings (SSSR count). The van der Waals surface area contributed by atoms with E-state index in [9.17, 15) is 14.4 Å². The molecule has 0 saturated carbocycles. The van der Waals surface area contributed by atoms with Gasteiger partial charge >= 0.3 is 17.9 Å². The average molecular weight is 867 g/mol. The molecule has 0 fully saturated rings. The number of hydrogen-bond donors (Lipinski definition) is 0. The molecule has 6 nitrogen and oxygen atoms in total. The molecule has 0 saturated heterocycles. The molecule has 0 spiro atoms. The van der Waals surface area contributed by atoms with Crippen LogP contribution < -0.4 is 0 Å². The van der Waals surface area contributed by atoms with Gasteiger partial charge in [0.05, 0.1) is 0 Å². The van der Waals surface area contributed by atoms with Crippen LogP contribution in [0, 0.1) is 0 Å². The predicted octanol–water partition coefficient (Wildman–Crippen LogP) is 17.3.